The first kappa shape index (κ1) is 12.8. The van der Waals surface area contributed by atoms with Gasteiger partial charge in [0.2, 0.25) is 0 Å². The molecule has 2 unspecified atom stereocenters. The van der Waals surface area contributed by atoms with Crippen LogP contribution in [0.5, 0.6) is 0 Å². The third-order valence-electron chi connectivity index (χ3n) is 3.67. The highest BCUT2D eigenvalue weighted by atomic mass is 79.9. The standard InChI is InChI=1S/C13H20BrN3/c1-9(2)10-5-3-4-6-12(10)17-13-11(14)7-15-8-16-13/h7-10,12H,3-6H2,1-2H3,(H,15,16,17). The fourth-order valence-corrected chi connectivity index (χ4v) is 3.07. The van der Waals surface area contributed by atoms with Crippen molar-refractivity contribution in [1.29, 1.82) is 0 Å². The van der Waals surface area contributed by atoms with Gasteiger partial charge in [0, 0.05) is 12.2 Å². The van der Waals surface area contributed by atoms with Gasteiger partial charge < -0.3 is 5.32 Å². The molecule has 1 heterocycles. The second-order valence-electron chi connectivity index (χ2n) is 5.16. The Morgan fingerprint density at radius 1 is 1.35 bits per heavy atom. The van der Waals surface area contributed by atoms with Crippen molar-refractivity contribution in [2.45, 2.75) is 45.6 Å². The summed E-state index contributed by atoms with van der Waals surface area (Å²) in [4.78, 5) is 8.29. The molecule has 1 aromatic rings. The molecule has 1 aliphatic rings. The Morgan fingerprint density at radius 2 is 2.12 bits per heavy atom. The molecule has 0 bridgehead atoms. The van der Waals surface area contributed by atoms with E-state index in [4.69, 9.17) is 0 Å². The third kappa shape index (κ3) is 3.18. The number of hydrogen-bond donors (Lipinski definition) is 1. The van der Waals surface area contributed by atoms with E-state index in [0.717, 1.165) is 22.1 Å². The van der Waals surface area contributed by atoms with Gasteiger partial charge in [-0.05, 0) is 40.6 Å². The van der Waals surface area contributed by atoms with Crippen molar-refractivity contribution in [3.05, 3.63) is 17.0 Å². The fourth-order valence-electron chi connectivity index (χ4n) is 2.73. The van der Waals surface area contributed by atoms with Crippen molar-refractivity contribution >= 4 is 21.7 Å². The van der Waals surface area contributed by atoms with Crippen LogP contribution in [0.15, 0.2) is 17.0 Å². The molecule has 0 spiro atoms. The molecule has 1 aliphatic carbocycles. The highest BCUT2D eigenvalue weighted by Crippen LogP contribution is 2.33. The van der Waals surface area contributed by atoms with E-state index in [9.17, 15) is 0 Å². The van der Waals surface area contributed by atoms with Crippen LogP contribution in [-0.4, -0.2) is 16.0 Å². The molecule has 2 atom stereocenters. The van der Waals surface area contributed by atoms with Gasteiger partial charge in [-0.15, -0.1) is 0 Å². The van der Waals surface area contributed by atoms with Crippen LogP contribution in [0.2, 0.25) is 0 Å². The first-order chi connectivity index (χ1) is 8.18. The van der Waals surface area contributed by atoms with Crippen LogP contribution in [-0.2, 0) is 0 Å². The molecule has 4 heteroatoms. The summed E-state index contributed by atoms with van der Waals surface area (Å²) in [6.07, 6.45) is 8.66. The molecule has 3 nitrogen and oxygen atoms in total. The minimum absolute atomic E-state index is 0.551. The number of nitrogens with zero attached hydrogens (tertiary/aromatic N) is 2. The Morgan fingerprint density at radius 3 is 2.82 bits per heavy atom. The first-order valence-electron chi connectivity index (χ1n) is 6.40. The first-order valence-corrected chi connectivity index (χ1v) is 7.20. The summed E-state index contributed by atoms with van der Waals surface area (Å²) in [5, 5.41) is 3.58. The van der Waals surface area contributed by atoms with E-state index in [2.05, 4.69) is 45.1 Å². The Bertz CT molecular complexity index is 367. The van der Waals surface area contributed by atoms with Gasteiger partial charge in [0.05, 0.1) is 4.47 Å². The molecular weight excluding hydrogens is 278 g/mol. The summed E-state index contributed by atoms with van der Waals surface area (Å²) in [7, 11) is 0. The third-order valence-corrected chi connectivity index (χ3v) is 4.25. The molecule has 17 heavy (non-hydrogen) atoms. The number of halogens is 1. The van der Waals surface area contributed by atoms with Gasteiger partial charge in [0.1, 0.15) is 12.1 Å². The highest BCUT2D eigenvalue weighted by molar-refractivity contribution is 9.10. The summed E-state index contributed by atoms with van der Waals surface area (Å²) in [5.74, 6) is 2.41. The minimum atomic E-state index is 0.551. The maximum atomic E-state index is 4.30. The molecule has 94 valence electrons. The van der Waals surface area contributed by atoms with Crippen LogP contribution in [0, 0.1) is 11.8 Å². The summed E-state index contributed by atoms with van der Waals surface area (Å²) < 4.78 is 0.952. The predicted molar refractivity (Wildman–Crippen MR) is 73.9 cm³/mol. The van der Waals surface area contributed by atoms with Gasteiger partial charge in [-0.1, -0.05) is 26.7 Å². The predicted octanol–water partition coefficient (Wildman–Crippen LogP) is 3.87. The number of anilines is 1. The van der Waals surface area contributed by atoms with Crippen LogP contribution < -0.4 is 5.32 Å². The van der Waals surface area contributed by atoms with E-state index in [1.165, 1.54) is 25.7 Å². The lowest BCUT2D eigenvalue weighted by Crippen LogP contribution is -2.35. The summed E-state index contributed by atoms with van der Waals surface area (Å²) in [6, 6.07) is 0.551. The van der Waals surface area contributed by atoms with Crippen LogP contribution in [0.25, 0.3) is 0 Å². The molecule has 0 radical (unpaired) electrons. The van der Waals surface area contributed by atoms with Gasteiger partial charge >= 0.3 is 0 Å². The molecule has 1 fully saturated rings. The molecule has 0 amide bonds. The molecule has 0 aliphatic heterocycles. The van der Waals surface area contributed by atoms with Crippen molar-refractivity contribution in [1.82, 2.24) is 9.97 Å². The minimum Gasteiger partial charge on any atom is -0.366 e. The molecule has 1 aromatic heterocycles. The van der Waals surface area contributed by atoms with Gasteiger partial charge in [0.25, 0.3) is 0 Å². The maximum absolute atomic E-state index is 4.30. The largest absolute Gasteiger partial charge is 0.366 e. The second-order valence-corrected chi connectivity index (χ2v) is 6.02. The van der Waals surface area contributed by atoms with E-state index >= 15 is 0 Å². The number of hydrogen-bond acceptors (Lipinski definition) is 3. The van der Waals surface area contributed by atoms with Crippen molar-refractivity contribution in [3.63, 3.8) is 0 Å². The van der Waals surface area contributed by atoms with Crippen LogP contribution >= 0.6 is 15.9 Å². The molecule has 0 saturated heterocycles. The zero-order chi connectivity index (χ0) is 12.3. The smallest absolute Gasteiger partial charge is 0.143 e. The maximum Gasteiger partial charge on any atom is 0.143 e. The summed E-state index contributed by atoms with van der Waals surface area (Å²) in [5.41, 5.74) is 0. The Balaban J connectivity index is 2.08. The van der Waals surface area contributed by atoms with E-state index in [1.807, 2.05) is 0 Å². The number of nitrogens with one attached hydrogen (secondary N) is 1. The van der Waals surface area contributed by atoms with Gasteiger partial charge in [-0.3, -0.25) is 0 Å². The topological polar surface area (TPSA) is 37.8 Å². The number of aromatic nitrogens is 2. The summed E-state index contributed by atoms with van der Waals surface area (Å²) >= 11 is 3.49. The van der Waals surface area contributed by atoms with E-state index < -0.39 is 0 Å². The molecule has 1 saturated carbocycles. The zero-order valence-corrected chi connectivity index (χ0v) is 12.1. The SMILES string of the molecule is CC(C)C1CCCCC1Nc1ncncc1Br. The van der Waals surface area contributed by atoms with Gasteiger partial charge in [-0.2, -0.15) is 0 Å². The van der Waals surface area contributed by atoms with Crippen molar-refractivity contribution < 1.29 is 0 Å². The quantitative estimate of drug-likeness (QED) is 0.920. The van der Waals surface area contributed by atoms with Crippen molar-refractivity contribution in [2.75, 3.05) is 5.32 Å². The van der Waals surface area contributed by atoms with Crippen LogP contribution in [0.1, 0.15) is 39.5 Å². The summed E-state index contributed by atoms with van der Waals surface area (Å²) in [6.45, 7) is 4.64. The van der Waals surface area contributed by atoms with Crippen molar-refractivity contribution in [3.8, 4) is 0 Å². The van der Waals surface area contributed by atoms with Gasteiger partial charge in [-0.25, -0.2) is 9.97 Å². The van der Waals surface area contributed by atoms with E-state index in [-0.39, 0.29) is 0 Å². The lowest BCUT2D eigenvalue weighted by molar-refractivity contribution is 0.253. The second kappa shape index (κ2) is 5.80. The lowest BCUT2D eigenvalue weighted by Gasteiger charge is -2.35. The molecule has 2 rings (SSSR count). The normalized spacial score (nSPS) is 24.9. The fraction of sp³-hybridized carbons (Fsp3) is 0.692. The average Bonchev–Trinajstić information content (AvgIpc) is 2.32. The molecular formula is C13H20BrN3. The monoisotopic (exact) mass is 297 g/mol. The molecule has 0 aromatic carbocycles. The average molecular weight is 298 g/mol. The Hall–Kier alpha value is -0.640. The van der Waals surface area contributed by atoms with Gasteiger partial charge in [0.15, 0.2) is 0 Å². The Labute approximate surface area is 112 Å². The van der Waals surface area contributed by atoms with E-state index in [1.54, 1.807) is 12.5 Å². The van der Waals surface area contributed by atoms with Crippen LogP contribution in [0.3, 0.4) is 0 Å². The lowest BCUT2D eigenvalue weighted by atomic mass is 9.78. The number of rotatable bonds is 3. The van der Waals surface area contributed by atoms with E-state index in [0.29, 0.717) is 6.04 Å². The van der Waals surface area contributed by atoms with Crippen LogP contribution in [0.4, 0.5) is 5.82 Å². The zero-order valence-electron chi connectivity index (χ0n) is 10.5. The van der Waals surface area contributed by atoms with Crippen molar-refractivity contribution in [2.24, 2.45) is 11.8 Å². The highest BCUT2D eigenvalue weighted by Gasteiger charge is 2.27. The molecule has 1 N–H and O–H groups in total. The Kier molecular flexibility index (Phi) is 4.37.